The summed E-state index contributed by atoms with van der Waals surface area (Å²) < 4.78 is 5.06. The molecule has 0 spiro atoms. The monoisotopic (exact) mass is 248 g/mol. The molecule has 0 unspecified atom stereocenters. The third-order valence-electron chi connectivity index (χ3n) is 2.34. The number of methoxy groups -OCH3 is 1. The highest BCUT2D eigenvalue weighted by Gasteiger charge is 1.98. The van der Waals surface area contributed by atoms with Crippen LogP contribution in [0.1, 0.15) is 5.56 Å². The first-order valence-electron chi connectivity index (χ1n) is 5.24. The van der Waals surface area contributed by atoms with Gasteiger partial charge in [0.1, 0.15) is 0 Å². The van der Waals surface area contributed by atoms with Gasteiger partial charge in [-0.25, -0.2) is 4.98 Å². The highest BCUT2D eigenvalue weighted by Crippen LogP contribution is 2.20. The summed E-state index contributed by atoms with van der Waals surface area (Å²) in [6.45, 7) is 0. The molecule has 0 fully saturated rings. The Hall–Kier alpha value is -1.74. The molecule has 0 saturated carbocycles. The van der Waals surface area contributed by atoms with Crippen molar-refractivity contribution in [3.8, 4) is 5.88 Å². The molecule has 1 heterocycles. The summed E-state index contributed by atoms with van der Waals surface area (Å²) >= 11 is 5.73. The highest BCUT2D eigenvalue weighted by atomic mass is 35.5. The molecule has 2 rings (SSSR count). The van der Waals surface area contributed by atoms with Gasteiger partial charge in [-0.1, -0.05) is 12.1 Å². The van der Waals surface area contributed by atoms with Gasteiger partial charge in [0.25, 0.3) is 0 Å². The van der Waals surface area contributed by atoms with Crippen molar-refractivity contribution in [1.82, 2.24) is 4.98 Å². The number of nitrogens with zero attached hydrogens (tertiary/aromatic N) is 1. The van der Waals surface area contributed by atoms with E-state index in [1.54, 1.807) is 13.3 Å². The second-order valence-electron chi connectivity index (χ2n) is 3.54. The first-order chi connectivity index (χ1) is 8.31. The van der Waals surface area contributed by atoms with Crippen LogP contribution in [-0.2, 0) is 5.88 Å². The SMILES string of the molecule is COc1cc(Nc2ccc(CCl)cc2)ccn1. The van der Waals surface area contributed by atoms with Gasteiger partial charge in [-0.15, -0.1) is 11.6 Å². The van der Waals surface area contributed by atoms with Crippen molar-refractivity contribution < 1.29 is 4.74 Å². The zero-order chi connectivity index (χ0) is 12.1. The Kier molecular flexibility index (Phi) is 3.83. The van der Waals surface area contributed by atoms with E-state index in [4.69, 9.17) is 16.3 Å². The summed E-state index contributed by atoms with van der Waals surface area (Å²) in [5.41, 5.74) is 3.05. The molecule has 3 nitrogen and oxygen atoms in total. The lowest BCUT2D eigenvalue weighted by Gasteiger charge is -2.07. The van der Waals surface area contributed by atoms with Crippen LogP contribution in [0.5, 0.6) is 5.88 Å². The van der Waals surface area contributed by atoms with E-state index in [0.29, 0.717) is 11.8 Å². The summed E-state index contributed by atoms with van der Waals surface area (Å²) in [5, 5.41) is 3.27. The normalized spacial score (nSPS) is 10.0. The molecule has 0 bridgehead atoms. The Labute approximate surface area is 105 Å². The number of nitrogens with one attached hydrogen (secondary N) is 1. The summed E-state index contributed by atoms with van der Waals surface area (Å²) in [5.74, 6) is 1.12. The molecular formula is C13H13ClN2O. The smallest absolute Gasteiger partial charge is 0.214 e. The van der Waals surface area contributed by atoms with Crippen LogP contribution < -0.4 is 10.1 Å². The predicted octanol–water partition coefficient (Wildman–Crippen LogP) is 3.57. The molecule has 0 saturated heterocycles. The van der Waals surface area contributed by atoms with Gasteiger partial charge >= 0.3 is 0 Å². The van der Waals surface area contributed by atoms with Gasteiger partial charge in [-0.2, -0.15) is 0 Å². The maximum absolute atomic E-state index is 5.73. The van der Waals surface area contributed by atoms with E-state index in [1.807, 2.05) is 36.4 Å². The van der Waals surface area contributed by atoms with E-state index in [1.165, 1.54) is 0 Å². The molecule has 0 radical (unpaired) electrons. The van der Waals surface area contributed by atoms with Crippen molar-refractivity contribution in [3.05, 3.63) is 48.2 Å². The Balaban J connectivity index is 2.13. The minimum absolute atomic E-state index is 0.531. The van der Waals surface area contributed by atoms with Crippen LogP contribution in [0, 0.1) is 0 Å². The number of pyridine rings is 1. The molecule has 0 aliphatic carbocycles. The topological polar surface area (TPSA) is 34.1 Å². The standard InChI is InChI=1S/C13H13ClN2O/c1-17-13-8-12(6-7-15-13)16-11-4-2-10(9-14)3-5-11/h2-8H,9H2,1H3,(H,15,16). The van der Waals surface area contributed by atoms with Crippen LogP contribution in [-0.4, -0.2) is 12.1 Å². The van der Waals surface area contributed by atoms with Crippen molar-refractivity contribution in [2.75, 3.05) is 12.4 Å². The van der Waals surface area contributed by atoms with Crippen LogP contribution in [0.15, 0.2) is 42.6 Å². The van der Waals surface area contributed by atoms with Gasteiger partial charge in [0.15, 0.2) is 0 Å². The van der Waals surface area contributed by atoms with Crippen LogP contribution in [0.4, 0.5) is 11.4 Å². The third-order valence-corrected chi connectivity index (χ3v) is 2.65. The van der Waals surface area contributed by atoms with E-state index in [-0.39, 0.29) is 0 Å². The number of halogens is 1. The Morgan fingerprint density at radius 3 is 2.59 bits per heavy atom. The molecule has 0 amide bonds. The quantitative estimate of drug-likeness (QED) is 0.840. The van der Waals surface area contributed by atoms with Gasteiger partial charge in [0, 0.05) is 29.5 Å². The summed E-state index contributed by atoms with van der Waals surface area (Å²) in [7, 11) is 1.60. The fraction of sp³-hybridized carbons (Fsp3) is 0.154. The summed E-state index contributed by atoms with van der Waals surface area (Å²) in [4.78, 5) is 4.05. The van der Waals surface area contributed by atoms with E-state index < -0.39 is 0 Å². The number of rotatable bonds is 4. The molecule has 1 N–H and O–H groups in total. The minimum atomic E-state index is 0.531. The average Bonchev–Trinajstić information content (AvgIpc) is 2.40. The number of benzene rings is 1. The van der Waals surface area contributed by atoms with Crippen LogP contribution in [0.2, 0.25) is 0 Å². The summed E-state index contributed by atoms with van der Waals surface area (Å²) in [6, 6.07) is 11.7. The Morgan fingerprint density at radius 2 is 1.94 bits per heavy atom. The van der Waals surface area contributed by atoms with Gasteiger partial charge in [-0.3, -0.25) is 0 Å². The minimum Gasteiger partial charge on any atom is -0.481 e. The molecular weight excluding hydrogens is 236 g/mol. The van der Waals surface area contributed by atoms with Crippen LogP contribution in [0.3, 0.4) is 0 Å². The Morgan fingerprint density at radius 1 is 1.18 bits per heavy atom. The number of hydrogen-bond acceptors (Lipinski definition) is 3. The zero-order valence-electron chi connectivity index (χ0n) is 9.48. The van der Waals surface area contributed by atoms with Crippen LogP contribution in [0.25, 0.3) is 0 Å². The van der Waals surface area contributed by atoms with E-state index in [2.05, 4.69) is 10.3 Å². The maximum atomic E-state index is 5.73. The van der Waals surface area contributed by atoms with Gasteiger partial charge < -0.3 is 10.1 Å². The number of ether oxygens (including phenoxy) is 1. The summed E-state index contributed by atoms with van der Waals surface area (Å²) in [6.07, 6.45) is 1.70. The van der Waals surface area contributed by atoms with Crippen molar-refractivity contribution in [2.45, 2.75) is 5.88 Å². The van der Waals surface area contributed by atoms with E-state index in [9.17, 15) is 0 Å². The number of anilines is 2. The fourth-order valence-corrected chi connectivity index (χ4v) is 1.62. The molecule has 17 heavy (non-hydrogen) atoms. The van der Waals surface area contributed by atoms with Crippen molar-refractivity contribution in [3.63, 3.8) is 0 Å². The molecule has 2 aromatic rings. The number of aromatic nitrogens is 1. The highest BCUT2D eigenvalue weighted by molar-refractivity contribution is 6.17. The molecule has 0 atom stereocenters. The second kappa shape index (κ2) is 5.55. The van der Waals surface area contributed by atoms with Crippen molar-refractivity contribution >= 4 is 23.0 Å². The van der Waals surface area contributed by atoms with Crippen LogP contribution >= 0.6 is 11.6 Å². The first-order valence-corrected chi connectivity index (χ1v) is 5.77. The zero-order valence-corrected chi connectivity index (χ0v) is 10.2. The molecule has 4 heteroatoms. The molecule has 0 aliphatic rings. The van der Waals surface area contributed by atoms with Gasteiger partial charge in [0.2, 0.25) is 5.88 Å². The average molecular weight is 249 g/mol. The molecule has 1 aromatic heterocycles. The fourth-order valence-electron chi connectivity index (χ4n) is 1.44. The van der Waals surface area contributed by atoms with E-state index in [0.717, 1.165) is 16.9 Å². The largest absolute Gasteiger partial charge is 0.481 e. The number of hydrogen-bond donors (Lipinski definition) is 1. The Bertz CT molecular complexity index is 485. The lowest BCUT2D eigenvalue weighted by Crippen LogP contribution is -1.93. The second-order valence-corrected chi connectivity index (χ2v) is 3.81. The lowest BCUT2D eigenvalue weighted by molar-refractivity contribution is 0.398. The van der Waals surface area contributed by atoms with Crippen molar-refractivity contribution in [1.29, 1.82) is 0 Å². The lowest BCUT2D eigenvalue weighted by atomic mass is 10.2. The predicted molar refractivity (Wildman–Crippen MR) is 70.1 cm³/mol. The maximum Gasteiger partial charge on any atom is 0.214 e. The number of alkyl halides is 1. The van der Waals surface area contributed by atoms with Gasteiger partial charge in [0.05, 0.1) is 7.11 Å². The first kappa shape index (κ1) is 11.7. The molecule has 88 valence electrons. The molecule has 0 aliphatic heterocycles. The van der Waals surface area contributed by atoms with Gasteiger partial charge in [-0.05, 0) is 23.8 Å². The van der Waals surface area contributed by atoms with E-state index >= 15 is 0 Å². The molecule has 1 aromatic carbocycles. The van der Waals surface area contributed by atoms with Crippen molar-refractivity contribution in [2.24, 2.45) is 0 Å². The third kappa shape index (κ3) is 3.11.